The molecule has 0 bridgehead atoms. The molecular formula is C15H16ClN3O. The molecule has 3 rings (SSSR count). The molecule has 1 atom stereocenters. The lowest BCUT2D eigenvalue weighted by Crippen LogP contribution is -2.30. The largest absolute Gasteiger partial charge is 0.338 e. The number of nitrogens with zero attached hydrogens (tertiary/aromatic N) is 2. The van der Waals surface area contributed by atoms with Crippen LogP contribution in [-0.2, 0) is 0 Å². The van der Waals surface area contributed by atoms with E-state index in [0.29, 0.717) is 28.6 Å². The summed E-state index contributed by atoms with van der Waals surface area (Å²) in [5.74, 6) is 0.393. The lowest BCUT2D eigenvalue weighted by molar-refractivity contribution is 0.0789. The number of hydrogen-bond acceptors (Lipinski definition) is 3. The number of carbonyl (C=O) groups is 1. The zero-order valence-corrected chi connectivity index (χ0v) is 11.8. The molecule has 1 aromatic heterocycles. The van der Waals surface area contributed by atoms with Gasteiger partial charge in [0.05, 0.1) is 11.1 Å². The highest BCUT2D eigenvalue weighted by Crippen LogP contribution is 2.25. The zero-order valence-electron chi connectivity index (χ0n) is 11.1. The second-order valence-electron chi connectivity index (χ2n) is 5.17. The van der Waals surface area contributed by atoms with Gasteiger partial charge < -0.3 is 10.6 Å². The summed E-state index contributed by atoms with van der Waals surface area (Å²) in [4.78, 5) is 18.8. The highest BCUT2D eigenvalue weighted by molar-refractivity contribution is 6.32. The van der Waals surface area contributed by atoms with E-state index < -0.39 is 0 Å². The fraction of sp³-hybridized carbons (Fsp3) is 0.333. The van der Waals surface area contributed by atoms with Gasteiger partial charge in [0.2, 0.25) is 0 Å². The fourth-order valence-corrected chi connectivity index (χ4v) is 2.93. The molecule has 5 heteroatoms. The third-order valence-electron chi connectivity index (χ3n) is 3.81. The monoisotopic (exact) mass is 289 g/mol. The maximum atomic E-state index is 12.7. The maximum Gasteiger partial charge on any atom is 0.256 e. The van der Waals surface area contributed by atoms with Gasteiger partial charge in [0.25, 0.3) is 5.91 Å². The Morgan fingerprint density at radius 1 is 1.50 bits per heavy atom. The van der Waals surface area contributed by atoms with Crippen molar-refractivity contribution < 1.29 is 4.79 Å². The number of fused-ring (bicyclic) bond motifs is 1. The second-order valence-corrected chi connectivity index (χ2v) is 5.61. The number of likely N-dealkylation sites (tertiary alicyclic amines) is 1. The number of hydrogen-bond donors (Lipinski definition) is 1. The molecular weight excluding hydrogens is 274 g/mol. The summed E-state index contributed by atoms with van der Waals surface area (Å²) >= 11 is 6.11. The Balaban J connectivity index is 1.99. The minimum atomic E-state index is -0.00727. The molecule has 1 amide bonds. The number of pyridine rings is 1. The molecule has 1 saturated heterocycles. The molecule has 1 aromatic carbocycles. The average Bonchev–Trinajstić information content (AvgIpc) is 2.94. The van der Waals surface area contributed by atoms with Gasteiger partial charge in [0.15, 0.2) is 0 Å². The van der Waals surface area contributed by atoms with Gasteiger partial charge in [-0.25, -0.2) is 0 Å². The van der Waals surface area contributed by atoms with Gasteiger partial charge in [0, 0.05) is 29.7 Å². The molecule has 0 saturated carbocycles. The quantitative estimate of drug-likeness (QED) is 0.923. The SMILES string of the molecule is NC[C@H]1CCN(C(=O)c2cc(Cl)cc3cccnc23)C1. The van der Waals surface area contributed by atoms with Crippen LogP contribution in [0.15, 0.2) is 30.5 Å². The number of benzene rings is 1. The van der Waals surface area contributed by atoms with E-state index in [1.807, 2.05) is 23.1 Å². The Kier molecular flexibility index (Phi) is 3.59. The molecule has 104 valence electrons. The molecule has 2 heterocycles. The van der Waals surface area contributed by atoms with Crippen molar-refractivity contribution in [3.63, 3.8) is 0 Å². The van der Waals surface area contributed by atoms with Crippen LogP contribution in [0.4, 0.5) is 0 Å². The van der Waals surface area contributed by atoms with Crippen LogP contribution in [0, 0.1) is 5.92 Å². The molecule has 2 N–H and O–H groups in total. The highest BCUT2D eigenvalue weighted by atomic mass is 35.5. The summed E-state index contributed by atoms with van der Waals surface area (Å²) in [5.41, 5.74) is 6.96. The number of carbonyl (C=O) groups excluding carboxylic acids is 1. The lowest BCUT2D eigenvalue weighted by Gasteiger charge is -2.17. The first-order chi connectivity index (χ1) is 9.69. The molecule has 1 aliphatic heterocycles. The molecule has 4 nitrogen and oxygen atoms in total. The molecule has 0 spiro atoms. The number of nitrogens with two attached hydrogens (primary N) is 1. The van der Waals surface area contributed by atoms with Crippen molar-refractivity contribution in [2.75, 3.05) is 19.6 Å². The summed E-state index contributed by atoms with van der Waals surface area (Å²) in [5, 5.41) is 1.45. The molecule has 0 unspecified atom stereocenters. The predicted octanol–water partition coefficient (Wildman–Crippen LogP) is 2.31. The first-order valence-corrected chi connectivity index (χ1v) is 7.10. The fourth-order valence-electron chi connectivity index (χ4n) is 2.70. The molecule has 2 aromatic rings. The van der Waals surface area contributed by atoms with E-state index in [9.17, 15) is 4.79 Å². The van der Waals surface area contributed by atoms with Crippen molar-refractivity contribution in [2.24, 2.45) is 11.7 Å². The van der Waals surface area contributed by atoms with Gasteiger partial charge in [-0.05, 0) is 37.1 Å². The van der Waals surface area contributed by atoms with E-state index in [1.54, 1.807) is 12.3 Å². The first-order valence-electron chi connectivity index (χ1n) is 6.72. The van der Waals surface area contributed by atoms with Gasteiger partial charge in [-0.1, -0.05) is 17.7 Å². The molecule has 20 heavy (non-hydrogen) atoms. The average molecular weight is 290 g/mol. The molecule has 1 fully saturated rings. The Hall–Kier alpha value is -1.65. The minimum Gasteiger partial charge on any atom is -0.338 e. The van der Waals surface area contributed by atoms with Gasteiger partial charge in [0.1, 0.15) is 0 Å². The Morgan fingerprint density at radius 2 is 2.35 bits per heavy atom. The van der Waals surface area contributed by atoms with Gasteiger partial charge in [-0.15, -0.1) is 0 Å². The Morgan fingerprint density at radius 3 is 3.10 bits per heavy atom. The number of halogens is 1. The van der Waals surface area contributed by atoms with E-state index in [0.717, 1.165) is 24.9 Å². The lowest BCUT2D eigenvalue weighted by atomic mass is 10.1. The van der Waals surface area contributed by atoms with Crippen LogP contribution in [0.25, 0.3) is 10.9 Å². The van der Waals surface area contributed by atoms with E-state index in [4.69, 9.17) is 17.3 Å². The molecule has 0 radical (unpaired) electrons. The summed E-state index contributed by atoms with van der Waals surface area (Å²) in [6, 6.07) is 7.28. The van der Waals surface area contributed by atoms with Crippen LogP contribution >= 0.6 is 11.6 Å². The summed E-state index contributed by atoms with van der Waals surface area (Å²) < 4.78 is 0. The third kappa shape index (κ3) is 2.37. The van der Waals surface area contributed by atoms with Crippen molar-refractivity contribution in [3.05, 3.63) is 41.0 Å². The topological polar surface area (TPSA) is 59.2 Å². The van der Waals surface area contributed by atoms with Gasteiger partial charge >= 0.3 is 0 Å². The van der Waals surface area contributed by atoms with Crippen LogP contribution in [0.2, 0.25) is 5.02 Å². The van der Waals surface area contributed by atoms with Gasteiger partial charge in [-0.2, -0.15) is 0 Å². The van der Waals surface area contributed by atoms with Crippen LogP contribution in [0.3, 0.4) is 0 Å². The minimum absolute atomic E-state index is 0.00727. The van der Waals surface area contributed by atoms with E-state index in [2.05, 4.69) is 4.98 Å². The second kappa shape index (κ2) is 5.38. The number of amides is 1. The van der Waals surface area contributed by atoms with E-state index >= 15 is 0 Å². The number of aromatic nitrogens is 1. The van der Waals surface area contributed by atoms with Crippen molar-refractivity contribution in [3.8, 4) is 0 Å². The smallest absolute Gasteiger partial charge is 0.256 e. The zero-order chi connectivity index (χ0) is 14.1. The molecule has 0 aliphatic carbocycles. The van der Waals surface area contributed by atoms with Crippen molar-refractivity contribution in [1.82, 2.24) is 9.88 Å². The third-order valence-corrected chi connectivity index (χ3v) is 4.02. The standard InChI is InChI=1S/C15H16ClN3O/c16-12-6-11-2-1-4-18-14(11)13(7-12)15(20)19-5-3-10(8-17)9-19/h1-2,4,6-7,10H,3,5,8-9,17H2/t10-/m1/s1. The summed E-state index contributed by atoms with van der Waals surface area (Å²) in [6.07, 6.45) is 2.66. The van der Waals surface area contributed by atoms with Crippen LogP contribution in [0.1, 0.15) is 16.8 Å². The maximum absolute atomic E-state index is 12.7. The van der Waals surface area contributed by atoms with Crippen LogP contribution in [-0.4, -0.2) is 35.4 Å². The Labute approximate surface area is 122 Å². The molecule has 1 aliphatic rings. The van der Waals surface area contributed by atoms with Crippen LogP contribution < -0.4 is 5.73 Å². The van der Waals surface area contributed by atoms with Crippen molar-refractivity contribution >= 4 is 28.4 Å². The Bertz CT molecular complexity index is 659. The summed E-state index contributed by atoms with van der Waals surface area (Å²) in [7, 11) is 0. The van der Waals surface area contributed by atoms with Gasteiger partial charge in [-0.3, -0.25) is 9.78 Å². The van der Waals surface area contributed by atoms with E-state index in [-0.39, 0.29) is 5.91 Å². The van der Waals surface area contributed by atoms with E-state index in [1.165, 1.54) is 0 Å². The predicted molar refractivity (Wildman–Crippen MR) is 79.8 cm³/mol. The van der Waals surface area contributed by atoms with Crippen molar-refractivity contribution in [1.29, 1.82) is 0 Å². The van der Waals surface area contributed by atoms with Crippen LogP contribution in [0.5, 0.6) is 0 Å². The first kappa shape index (κ1) is 13.3. The number of rotatable bonds is 2. The summed E-state index contributed by atoms with van der Waals surface area (Å²) in [6.45, 7) is 2.09. The van der Waals surface area contributed by atoms with Crippen molar-refractivity contribution in [2.45, 2.75) is 6.42 Å². The normalized spacial score (nSPS) is 18.7. The highest BCUT2D eigenvalue weighted by Gasteiger charge is 2.27.